The van der Waals surface area contributed by atoms with E-state index in [1.165, 1.54) is 0 Å². The molecule has 0 bridgehead atoms. The van der Waals surface area contributed by atoms with Gasteiger partial charge in [0.2, 0.25) is 0 Å². The average molecular weight is 475 g/mol. The van der Waals surface area contributed by atoms with Crippen LogP contribution in [0.4, 0.5) is 25.0 Å². The minimum atomic E-state index is -0.716. The lowest BCUT2D eigenvalue weighted by molar-refractivity contribution is 0.168. The number of rotatable bonds is 3. The zero-order valence-corrected chi connectivity index (χ0v) is 19.1. The fourth-order valence-corrected chi connectivity index (χ4v) is 5.41. The number of nitriles is 1. The Morgan fingerprint density at radius 3 is 2.71 bits per heavy atom. The summed E-state index contributed by atoms with van der Waals surface area (Å²) in [5, 5.41) is 22.0. The van der Waals surface area contributed by atoms with E-state index in [4.69, 9.17) is 0 Å². The monoisotopic (exact) mass is 474 g/mol. The Kier molecular flexibility index (Phi) is 5.87. The quantitative estimate of drug-likeness (QED) is 0.566. The van der Waals surface area contributed by atoms with Gasteiger partial charge in [-0.1, -0.05) is 18.2 Å². The van der Waals surface area contributed by atoms with Crippen molar-refractivity contribution in [3.05, 3.63) is 83.4 Å². The number of anilines is 2. The Balaban J connectivity index is 1.55. The lowest BCUT2D eigenvalue weighted by Gasteiger charge is -2.44. The van der Waals surface area contributed by atoms with Gasteiger partial charge in [-0.3, -0.25) is 0 Å². The lowest BCUT2D eigenvalue weighted by Crippen LogP contribution is -2.48. The number of benzene rings is 3. The predicted molar refractivity (Wildman–Crippen MR) is 129 cm³/mol. The van der Waals surface area contributed by atoms with Crippen LogP contribution in [0, 0.1) is 28.9 Å². The maximum atomic E-state index is 14.2. The van der Waals surface area contributed by atoms with Gasteiger partial charge in [-0.05, 0) is 59.5 Å². The number of nitrogens with one attached hydrogen (secondary N) is 1. The van der Waals surface area contributed by atoms with Crippen LogP contribution in [0.2, 0.25) is 0 Å². The van der Waals surface area contributed by atoms with Crippen LogP contribution in [0.1, 0.15) is 23.6 Å². The highest BCUT2D eigenvalue weighted by atomic mass is 19.1. The van der Waals surface area contributed by atoms with Crippen molar-refractivity contribution >= 4 is 17.4 Å². The van der Waals surface area contributed by atoms with Gasteiger partial charge in [-0.25, -0.2) is 13.6 Å². The van der Waals surface area contributed by atoms with Crippen LogP contribution < -0.4 is 10.2 Å². The van der Waals surface area contributed by atoms with E-state index in [1.807, 2.05) is 48.3 Å². The molecule has 0 unspecified atom stereocenters. The normalized spacial score (nSPS) is 20.7. The highest BCUT2D eigenvalue weighted by Gasteiger charge is 2.47. The van der Waals surface area contributed by atoms with Gasteiger partial charge in [0.1, 0.15) is 11.6 Å². The van der Waals surface area contributed by atoms with Crippen LogP contribution in [-0.4, -0.2) is 42.3 Å². The number of halogens is 2. The number of urea groups is 1. The summed E-state index contributed by atoms with van der Waals surface area (Å²) in [4.78, 5) is 17.0. The van der Waals surface area contributed by atoms with Crippen LogP contribution in [0.25, 0.3) is 11.1 Å². The van der Waals surface area contributed by atoms with Crippen molar-refractivity contribution in [2.24, 2.45) is 5.92 Å². The molecule has 2 amide bonds. The van der Waals surface area contributed by atoms with Crippen LogP contribution in [0.5, 0.6) is 0 Å². The maximum Gasteiger partial charge on any atom is 0.322 e. The molecule has 8 heteroatoms. The number of amides is 2. The van der Waals surface area contributed by atoms with Gasteiger partial charge in [0.15, 0.2) is 0 Å². The largest absolute Gasteiger partial charge is 0.394 e. The molecule has 0 saturated carbocycles. The third-order valence-electron chi connectivity index (χ3n) is 7.11. The highest BCUT2D eigenvalue weighted by molar-refractivity contribution is 5.90. The van der Waals surface area contributed by atoms with E-state index in [1.54, 1.807) is 11.0 Å². The summed E-state index contributed by atoms with van der Waals surface area (Å²) in [6.45, 7) is 0.340. The van der Waals surface area contributed by atoms with Crippen molar-refractivity contribution in [1.29, 1.82) is 5.26 Å². The molecule has 178 valence electrons. The first kappa shape index (κ1) is 22.8. The molecule has 3 aromatic carbocycles. The molecule has 2 aliphatic rings. The summed E-state index contributed by atoms with van der Waals surface area (Å²) < 4.78 is 27.9. The minimum absolute atomic E-state index is 0.0405. The molecule has 1 saturated heterocycles. The minimum Gasteiger partial charge on any atom is -0.394 e. The van der Waals surface area contributed by atoms with E-state index in [0.29, 0.717) is 18.5 Å². The standard InChI is InChI=1S/C27H24F2N4O2/c1-32-24-8-5-18(17-4-2-3-16(11-17)14-30)12-21(24)26-20(25(32)15-34)9-10-33(26)27(35)31-23-13-19(28)6-7-22(23)29/h2-8,11-13,20,25-26,34H,9-10,15H2,1H3,(H,31,35)/t20-,25-,26-/m1/s1. The van der Waals surface area contributed by atoms with Crippen molar-refractivity contribution in [3.63, 3.8) is 0 Å². The van der Waals surface area contributed by atoms with Crippen LogP contribution in [0.15, 0.2) is 60.7 Å². The van der Waals surface area contributed by atoms with E-state index >= 15 is 0 Å². The molecular formula is C27H24F2N4O2. The van der Waals surface area contributed by atoms with Crippen molar-refractivity contribution in [2.45, 2.75) is 18.5 Å². The molecule has 2 heterocycles. The van der Waals surface area contributed by atoms with Crippen LogP contribution in [0.3, 0.4) is 0 Å². The predicted octanol–water partition coefficient (Wildman–Crippen LogP) is 4.91. The van der Waals surface area contributed by atoms with Crippen LogP contribution in [-0.2, 0) is 0 Å². The summed E-state index contributed by atoms with van der Waals surface area (Å²) in [5.74, 6) is -1.40. The molecule has 1 fully saturated rings. The zero-order chi connectivity index (χ0) is 24.7. The Hall–Kier alpha value is -3.96. The molecule has 3 aromatic rings. The van der Waals surface area contributed by atoms with Crippen molar-refractivity contribution in [3.8, 4) is 17.2 Å². The third kappa shape index (κ3) is 3.98. The van der Waals surface area contributed by atoms with Crippen LogP contribution >= 0.6 is 0 Å². The maximum absolute atomic E-state index is 14.2. The van der Waals surface area contributed by atoms with Crippen molar-refractivity contribution in [2.75, 3.05) is 30.4 Å². The smallest absolute Gasteiger partial charge is 0.322 e. The molecule has 0 spiro atoms. The molecule has 0 aromatic heterocycles. The molecule has 0 radical (unpaired) electrons. The molecule has 0 aliphatic carbocycles. The Morgan fingerprint density at radius 1 is 1.14 bits per heavy atom. The summed E-state index contributed by atoms with van der Waals surface area (Å²) in [7, 11) is 1.93. The summed E-state index contributed by atoms with van der Waals surface area (Å²) >= 11 is 0. The number of likely N-dealkylation sites (N-methyl/N-ethyl adjacent to an activating group) is 1. The second-order valence-corrected chi connectivity index (χ2v) is 8.97. The van der Waals surface area contributed by atoms with Gasteiger partial charge in [0.25, 0.3) is 0 Å². The molecule has 2 aliphatic heterocycles. The van der Waals surface area contributed by atoms with Gasteiger partial charge < -0.3 is 20.2 Å². The van der Waals surface area contributed by atoms with Gasteiger partial charge in [0, 0.05) is 31.3 Å². The first-order valence-electron chi connectivity index (χ1n) is 11.4. The first-order chi connectivity index (χ1) is 16.9. The number of aliphatic hydroxyl groups excluding tert-OH is 1. The molecular weight excluding hydrogens is 450 g/mol. The summed E-state index contributed by atoms with van der Waals surface area (Å²) in [6.07, 6.45) is 0.660. The first-order valence-corrected chi connectivity index (χ1v) is 11.4. The number of likely N-dealkylation sites (tertiary alicyclic amines) is 1. The van der Waals surface area contributed by atoms with E-state index in [-0.39, 0.29) is 30.3 Å². The Morgan fingerprint density at radius 2 is 1.94 bits per heavy atom. The molecule has 6 nitrogen and oxygen atoms in total. The van der Waals surface area contributed by atoms with E-state index in [0.717, 1.165) is 40.6 Å². The number of hydrogen-bond acceptors (Lipinski definition) is 4. The van der Waals surface area contributed by atoms with E-state index in [2.05, 4.69) is 11.4 Å². The Labute approximate surface area is 202 Å². The number of carbonyl (C=O) groups excluding carboxylic acids is 1. The van der Waals surface area contributed by atoms with E-state index < -0.39 is 17.7 Å². The lowest BCUT2D eigenvalue weighted by atomic mass is 9.81. The number of nitrogens with zero attached hydrogens (tertiary/aromatic N) is 3. The fraction of sp³-hybridized carbons (Fsp3) is 0.259. The van der Waals surface area contributed by atoms with Gasteiger partial charge in [0.05, 0.1) is 36.0 Å². The van der Waals surface area contributed by atoms with E-state index in [9.17, 15) is 23.9 Å². The molecule has 3 atom stereocenters. The molecule has 2 N–H and O–H groups in total. The number of carbonyl (C=O) groups is 1. The Bertz CT molecular complexity index is 1340. The van der Waals surface area contributed by atoms with Gasteiger partial charge in [-0.15, -0.1) is 0 Å². The fourth-order valence-electron chi connectivity index (χ4n) is 5.41. The molecule has 35 heavy (non-hydrogen) atoms. The third-order valence-corrected chi connectivity index (χ3v) is 7.11. The molecule has 5 rings (SSSR count). The number of fused-ring (bicyclic) bond motifs is 3. The summed E-state index contributed by atoms with van der Waals surface area (Å²) in [6, 6.07) is 17.3. The number of aliphatic hydroxyl groups is 1. The van der Waals surface area contributed by atoms with Crippen molar-refractivity contribution in [1.82, 2.24) is 4.90 Å². The second kappa shape index (κ2) is 9.01. The van der Waals surface area contributed by atoms with Crippen molar-refractivity contribution < 1.29 is 18.7 Å². The topological polar surface area (TPSA) is 79.6 Å². The average Bonchev–Trinajstić information content (AvgIpc) is 3.31. The number of hydrogen-bond donors (Lipinski definition) is 2. The zero-order valence-electron chi connectivity index (χ0n) is 19.1. The summed E-state index contributed by atoms with van der Waals surface area (Å²) in [5.41, 5.74) is 3.92. The van der Waals surface area contributed by atoms with Gasteiger partial charge >= 0.3 is 6.03 Å². The second-order valence-electron chi connectivity index (χ2n) is 8.97. The van der Waals surface area contributed by atoms with Gasteiger partial charge in [-0.2, -0.15) is 5.26 Å². The SMILES string of the molecule is CN1c2ccc(-c3cccc(C#N)c3)cc2[C@H]2[C@H](CCN2C(=O)Nc2cc(F)ccc2F)[C@H]1CO. The highest BCUT2D eigenvalue weighted by Crippen LogP contribution is 2.49.